The van der Waals surface area contributed by atoms with Gasteiger partial charge in [-0.3, -0.25) is 0 Å². The lowest BCUT2D eigenvalue weighted by Crippen LogP contribution is -2.23. The zero-order valence-corrected chi connectivity index (χ0v) is 10.3. The molecule has 0 bridgehead atoms. The van der Waals surface area contributed by atoms with Crippen molar-refractivity contribution < 1.29 is 0 Å². The maximum absolute atomic E-state index is 5.93. The van der Waals surface area contributed by atoms with Crippen molar-refractivity contribution in [3.05, 3.63) is 58.6 Å². The van der Waals surface area contributed by atoms with Crippen molar-refractivity contribution in [2.24, 2.45) is 0 Å². The SMILES string of the molecule is Clc1ccc(-c2cccc3c2CCNC3)cc1. The second-order valence-electron chi connectivity index (χ2n) is 4.38. The Hall–Kier alpha value is -1.31. The Balaban J connectivity index is 2.11. The molecule has 0 unspecified atom stereocenters. The summed E-state index contributed by atoms with van der Waals surface area (Å²) < 4.78 is 0. The third-order valence-electron chi connectivity index (χ3n) is 3.30. The Morgan fingerprint density at radius 1 is 1.00 bits per heavy atom. The molecule has 1 aliphatic heterocycles. The number of rotatable bonds is 1. The predicted octanol–water partition coefficient (Wildman–Crippen LogP) is 3.65. The van der Waals surface area contributed by atoms with E-state index in [0.717, 1.165) is 24.5 Å². The third-order valence-corrected chi connectivity index (χ3v) is 3.55. The summed E-state index contributed by atoms with van der Waals surface area (Å²) in [4.78, 5) is 0. The second-order valence-corrected chi connectivity index (χ2v) is 4.81. The Kier molecular flexibility index (Phi) is 2.87. The van der Waals surface area contributed by atoms with Gasteiger partial charge in [-0.05, 0) is 47.4 Å². The van der Waals surface area contributed by atoms with Crippen LogP contribution in [0.4, 0.5) is 0 Å². The van der Waals surface area contributed by atoms with E-state index in [1.165, 1.54) is 22.3 Å². The molecule has 86 valence electrons. The second kappa shape index (κ2) is 4.52. The van der Waals surface area contributed by atoms with Crippen LogP contribution in [-0.2, 0) is 13.0 Å². The van der Waals surface area contributed by atoms with Crippen LogP contribution in [0.25, 0.3) is 11.1 Å². The minimum Gasteiger partial charge on any atom is -0.312 e. The quantitative estimate of drug-likeness (QED) is 0.806. The molecule has 2 heteroatoms. The van der Waals surface area contributed by atoms with Crippen LogP contribution in [0.15, 0.2) is 42.5 Å². The molecule has 0 aliphatic carbocycles. The smallest absolute Gasteiger partial charge is 0.0406 e. The van der Waals surface area contributed by atoms with Gasteiger partial charge in [0.25, 0.3) is 0 Å². The number of nitrogens with one attached hydrogen (secondary N) is 1. The minimum atomic E-state index is 0.792. The molecule has 1 nitrogen and oxygen atoms in total. The van der Waals surface area contributed by atoms with E-state index in [1.54, 1.807) is 0 Å². The van der Waals surface area contributed by atoms with E-state index < -0.39 is 0 Å². The lowest BCUT2D eigenvalue weighted by Gasteiger charge is -2.20. The Bertz CT molecular complexity index is 531. The van der Waals surface area contributed by atoms with Crippen molar-refractivity contribution in [2.45, 2.75) is 13.0 Å². The van der Waals surface area contributed by atoms with Crippen molar-refractivity contribution in [2.75, 3.05) is 6.54 Å². The molecule has 0 amide bonds. The first-order valence-corrected chi connectivity index (χ1v) is 6.30. The molecule has 0 fully saturated rings. The van der Waals surface area contributed by atoms with E-state index in [-0.39, 0.29) is 0 Å². The van der Waals surface area contributed by atoms with Gasteiger partial charge in [-0.15, -0.1) is 0 Å². The summed E-state index contributed by atoms with van der Waals surface area (Å²) in [5.74, 6) is 0. The number of benzene rings is 2. The number of hydrogen-bond acceptors (Lipinski definition) is 1. The zero-order valence-electron chi connectivity index (χ0n) is 9.54. The van der Waals surface area contributed by atoms with Crippen molar-refractivity contribution in [1.29, 1.82) is 0 Å². The van der Waals surface area contributed by atoms with Crippen LogP contribution in [0.1, 0.15) is 11.1 Å². The summed E-state index contributed by atoms with van der Waals surface area (Å²) >= 11 is 5.93. The van der Waals surface area contributed by atoms with Crippen LogP contribution in [0.3, 0.4) is 0 Å². The van der Waals surface area contributed by atoms with Gasteiger partial charge in [0.05, 0.1) is 0 Å². The van der Waals surface area contributed by atoms with Gasteiger partial charge in [-0.2, -0.15) is 0 Å². The highest BCUT2D eigenvalue weighted by molar-refractivity contribution is 6.30. The van der Waals surface area contributed by atoms with Crippen molar-refractivity contribution in [3.8, 4) is 11.1 Å². The summed E-state index contributed by atoms with van der Waals surface area (Å²) in [6.07, 6.45) is 1.11. The molecule has 1 aliphatic rings. The highest BCUT2D eigenvalue weighted by Crippen LogP contribution is 2.29. The first kappa shape index (κ1) is 10.8. The summed E-state index contributed by atoms with van der Waals surface area (Å²) in [5.41, 5.74) is 5.51. The monoisotopic (exact) mass is 243 g/mol. The molecule has 2 aromatic carbocycles. The summed E-state index contributed by atoms with van der Waals surface area (Å²) in [6, 6.07) is 14.7. The molecular weight excluding hydrogens is 230 g/mol. The van der Waals surface area contributed by atoms with Crippen LogP contribution in [0, 0.1) is 0 Å². The molecule has 0 atom stereocenters. The molecule has 17 heavy (non-hydrogen) atoms. The standard InChI is InChI=1S/C15H14ClN/c16-13-6-4-11(5-7-13)14-3-1-2-12-10-17-9-8-15(12)14/h1-7,17H,8-10H2. The van der Waals surface area contributed by atoms with Gasteiger partial charge in [-0.25, -0.2) is 0 Å². The molecule has 0 spiro atoms. The fourth-order valence-electron chi connectivity index (χ4n) is 2.43. The summed E-state index contributed by atoms with van der Waals surface area (Å²) in [6.45, 7) is 2.05. The van der Waals surface area contributed by atoms with Gasteiger partial charge in [0.2, 0.25) is 0 Å². The number of hydrogen-bond donors (Lipinski definition) is 1. The third kappa shape index (κ3) is 2.08. The first-order chi connectivity index (χ1) is 8.34. The molecule has 0 radical (unpaired) electrons. The summed E-state index contributed by atoms with van der Waals surface area (Å²) in [7, 11) is 0. The van der Waals surface area contributed by atoms with Gasteiger partial charge in [0.15, 0.2) is 0 Å². The highest BCUT2D eigenvalue weighted by atomic mass is 35.5. The average molecular weight is 244 g/mol. The van der Waals surface area contributed by atoms with Gasteiger partial charge < -0.3 is 5.32 Å². The minimum absolute atomic E-state index is 0.792. The van der Waals surface area contributed by atoms with E-state index in [1.807, 2.05) is 12.1 Å². The van der Waals surface area contributed by atoms with Crippen LogP contribution in [0.2, 0.25) is 5.02 Å². The molecule has 3 rings (SSSR count). The zero-order chi connectivity index (χ0) is 11.7. The summed E-state index contributed by atoms with van der Waals surface area (Å²) in [5, 5.41) is 4.20. The highest BCUT2D eigenvalue weighted by Gasteiger charge is 2.13. The van der Waals surface area contributed by atoms with E-state index in [9.17, 15) is 0 Å². The van der Waals surface area contributed by atoms with Crippen molar-refractivity contribution in [3.63, 3.8) is 0 Å². The maximum atomic E-state index is 5.93. The molecule has 0 saturated carbocycles. The maximum Gasteiger partial charge on any atom is 0.0406 e. The van der Waals surface area contributed by atoms with Gasteiger partial charge >= 0.3 is 0 Å². The van der Waals surface area contributed by atoms with E-state index in [2.05, 4.69) is 35.6 Å². The van der Waals surface area contributed by atoms with Gasteiger partial charge in [-0.1, -0.05) is 41.9 Å². The topological polar surface area (TPSA) is 12.0 Å². The number of fused-ring (bicyclic) bond motifs is 1. The molecular formula is C15H14ClN. The molecule has 0 aromatic heterocycles. The predicted molar refractivity (Wildman–Crippen MR) is 72.3 cm³/mol. The first-order valence-electron chi connectivity index (χ1n) is 5.92. The lowest BCUT2D eigenvalue weighted by atomic mass is 9.91. The molecule has 1 N–H and O–H groups in total. The lowest BCUT2D eigenvalue weighted by molar-refractivity contribution is 0.645. The van der Waals surface area contributed by atoms with Gasteiger partial charge in [0.1, 0.15) is 0 Å². The van der Waals surface area contributed by atoms with Crippen LogP contribution >= 0.6 is 11.6 Å². The van der Waals surface area contributed by atoms with Crippen LogP contribution < -0.4 is 5.32 Å². The Morgan fingerprint density at radius 3 is 2.65 bits per heavy atom. The van der Waals surface area contributed by atoms with Crippen LogP contribution in [0.5, 0.6) is 0 Å². The van der Waals surface area contributed by atoms with Crippen molar-refractivity contribution >= 4 is 11.6 Å². The average Bonchev–Trinajstić information content (AvgIpc) is 2.39. The largest absolute Gasteiger partial charge is 0.312 e. The molecule has 0 saturated heterocycles. The normalized spacial score (nSPS) is 14.4. The molecule has 2 aromatic rings. The van der Waals surface area contributed by atoms with E-state index in [0.29, 0.717) is 0 Å². The van der Waals surface area contributed by atoms with Crippen molar-refractivity contribution in [1.82, 2.24) is 5.32 Å². The van der Waals surface area contributed by atoms with Crippen LogP contribution in [-0.4, -0.2) is 6.54 Å². The number of halogens is 1. The van der Waals surface area contributed by atoms with E-state index >= 15 is 0 Å². The fourth-order valence-corrected chi connectivity index (χ4v) is 2.56. The molecule has 1 heterocycles. The van der Waals surface area contributed by atoms with E-state index in [4.69, 9.17) is 11.6 Å². The van der Waals surface area contributed by atoms with Gasteiger partial charge in [0, 0.05) is 11.6 Å². The Morgan fingerprint density at radius 2 is 1.82 bits per heavy atom. The fraction of sp³-hybridized carbons (Fsp3) is 0.200. The Labute approximate surface area is 106 Å².